The van der Waals surface area contributed by atoms with Crippen LogP contribution in [0, 0.1) is 0 Å². The van der Waals surface area contributed by atoms with Crippen LogP contribution in [0.1, 0.15) is 5.89 Å². The van der Waals surface area contributed by atoms with Gasteiger partial charge in [0.25, 0.3) is 0 Å². The van der Waals surface area contributed by atoms with Gasteiger partial charge in [-0.1, -0.05) is 6.07 Å². The highest BCUT2D eigenvalue weighted by Crippen LogP contribution is 2.25. The summed E-state index contributed by atoms with van der Waals surface area (Å²) in [4.78, 5) is 7.27. The third kappa shape index (κ3) is 4.14. The summed E-state index contributed by atoms with van der Waals surface area (Å²) in [6.45, 7) is 1.41. The summed E-state index contributed by atoms with van der Waals surface area (Å²) >= 11 is 1.62. The van der Waals surface area contributed by atoms with Crippen LogP contribution >= 0.6 is 11.3 Å². The Morgan fingerprint density at radius 1 is 1.58 bits per heavy atom. The molecule has 0 radical (unpaired) electrons. The quantitative estimate of drug-likeness (QED) is 0.839. The van der Waals surface area contributed by atoms with E-state index in [1.165, 1.54) is 0 Å². The van der Waals surface area contributed by atoms with E-state index in [2.05, 4.69) is 4.98 Å². The van der Waals surface area contributed by atoms with Crippen molar-refractivity contribution < 1.29 is 14.3 Å². The van der Waals surface area contributed by atoms with Crippen LogP contribution in [0.15, 0.2) is 28.1 Å². The van der Waals surface area contributed by atoms with Gasteiger partial charge in [0.15, 0.2) is 5.76 Å². The topological polar surface area (TPSA) is 58.7 Å². The lowest BCUT2D eigenvalue weighted by molar-refractivity contribution is 0.0404. The standard InChI is InChI=1S/C13H18N2O3S/c1-15(7-10(16)9-17-2)8-13-14-6-11(18-13)12-4-3-5-19-12/h3-6,10,16H,7-9H2,1-2H3. The third-order valence-electron chi connectivity index (χ3n) is 2.60. The number of likely N-dealkylation sites (N-methyl/N-ethyl adjacent to an activating group) is 1. The molecule has 0 aliphatic carbocycles. The van der Waals surface area contributed by atoms with E-state index in [9.17, 15) is 5.11 Å². The summed E-state index contributed by atoms with van der Waals surface area (Å²) in [5.74, 6) is 1.44. The maximum Gasteiger partial charge on any atom is 0.209 e. The monoisotopic (exact) mass is 282 g/mol. The first kappa shape index (κ1) is 14.2. The molecule has 5 nitrogen and oxygen atoms in total. The molecule has 2 aromatic heterocycles. The average molecular weight is 282 g/mol. The summed E-state index contributed by atoms with van der Waals surface area (Å²) in [6, 6.07) is 3.98. The molecule has 0 aromatic carbocycles. The number of ether oxygens (including phenoxy) is 1. The Hall–Kier alpha value is -1.21. The van der Waals surface area contributed by atoms with Crippen LogP contribution in [0.2, 0.25) is 0 Å². The van der Waals surface area contributed by atoms with Crippen LogP contribution in [0.5, 0.6) is 0 Å². The van der Waals surface area contributed by atoms with E-state index in [1.807, 2.05) is 29.5 Å². The van der Waals surface area contributed by atoms with E-state index in [0.29, 0.717) is 25.6 Å². The predicted molar refractivity (Wildman–Crippen MR) is 74.0 cm³/mol. The zero-order chi connectivity index (χ0) is 13.7. The number of methoxy groups -OCH3 is 1. The van der Waals surface area contributed by atoms with Gasteiger partial charge in [-0.3, -0.25) is 4.90 Å². The minimum atomic E-state index is -0.498. The van der Waals surface area contributed by atoms with Gasteiger partial charge in [0.05, 0.1) is 30.3 Å². The second-order valence-electron chi connectivity index (χ2n) is 4.40. The van der Waals surface area contributed by atoms with Crippen LogP contribution in [-0.4, -0.2) is 48.4 Å². The van der Waals surface area contributed by atoms with Crippen molar-refractivity contribution in [2.24, 2.45) is 0 Å². The zero-order valence-corrected chi connectivity index (χ0v) is 11.9. The van der Waals surface area contributed by atoms with Crippen LogP contribution in [0.3, 0.4) is 0 Å². The number of aliphatic hydroxyl groups is 1. The molecule has 1 unspecified atom stereocenters. The van der Waals surface area contributed by atoms with Gasteiger partial charge in [0.1, 0.15) is 0 Å². The maximum atomic E-state index is 9.64. The summed E-state index contributed by atoms with van der Waals surface area (Å²) in [7, 11) is 3.48. The van der Waals surface area contributed by atoms with Crippen molar-refractivity contribution in [2.45, 2.75) is 12.6 Å². The number of oxazole rings is 1. The predicted octanol–water partition coefficient (Wildman–Crippen LogP) is 1.84. The molecule has 1 atom stereocenters. The smallest absolute Gasteiger partial charge is 0.209 e. The van der Waals surface area contributed by atoms with Crippen molar-refractivity contribution in [1.82, 2.24) is 9.88 Å². The highest BCUT2D eigenvalue weighted by molar-refractivity contribution is 7.13. The lowest BCUT2D eigenvalue weighted by Crippen LogP contribution is -2.31. The molecule has 0 bridgehead atoms. The van der Waals surface area contributed by atoms with Crippen molar-refractivity contribution >= 4 is 11.3 Å². The molecule has 0 aliphatic heterocycles. The van der Waals surface area contributed by atoms with Crippen LogP contribution in [0.4, 0.5) is 0 Å². The van der Waals surface area contributed by atoms with Crippen LogP contribution in [-0.2, 0) is 11.3 Å². The highest BCUT2D eigenvalue weighted by atomic mass is 32.1. The van der Waals surface area contributed by atoms with E-state index in [1.54, 1.807) is 24.6 Å². The Morgan fingerprint density at radius 2 is 2.42 bits per heavy atom. The van der Waals surface area contributed by atoms with Gasteiger partial charge >= 0.3 is 0 Å². The number of hydrogen-bond acceptors (Lipinski definition) is 6. The lowest BCUT2D eigenvalue weighted by atomic mass is 10.3. The molecule has 0 amide bonds. The van der Waals surface area contributed by atoms with Crippen molar-refractivity contribution in [3.8, 4) is 10.6 Å². The molecule has 0 fully saturated rings. The van der Waals surface area contributed by atoms with Crippen molar-refractivity contribution in [2.75, 3.05) is 27.3 Å². The molecule has 0 saturated carbocycles. The van der Waals surface area contributed by atoms with Gasteiger partial charge in [-0.25, -0.2) is 4.98 Å². The molecule has 0 aliphatic rings. The lowest BCUT2D eigenvalue weighted by Gasteiger charge is -2.18. The molecular formula is C13H18N2O3S. The molecule has 0 saturated heterocycles. The van der Waals surface area contributed by atoms with Crippen molar-refractivity contribution in [1.29, 1.82) is 0 Å². The molecule has 2 aromatic rings. The summed E-state index contributed by atoms with van der Waals surface area (Å²) < 4.78 is 10.6. The van der Waals surface area contributed by atoms with Gasteiger partial charge < -0.3 is 14.3 Å². The Balaban J connectivity index is 1.89. The number of aliphatic hydroxyl groups excluding tert-OH is 1. The van der Waals surface area contributed by atoms with E-state index >= 15 is 0 Å². The molecule has 104 valence electrons. The van der Waals surface area contributed by atoms with E-state index in [4.69, 9.17) is 9.15 Å². The van der Waals surface area contributed by atoms with Crippen molar-refractivity contribution in [3.63, 3.8) is 0 Å². The van der Waals surface area contributed by atoms with Crippen molar-refractivity contribution in [3.05, 3.63) is 29.6 Å². The molecule has 0 spiro atoms. The molecule has 1 N–H and O–H groups in total. The summed E-state index contributed by atoms with van der Waals surface area (Å²) in [5, 5.41) is 11.6. The number of hydrogen-bond donors (Lipinski definition) is 1. The first-order valence-corrected chi connectivity index (χ1v) is 6.91. The normalized spacial score (nSPS) is 13.1. The molecular weight excluding hydrogens is 264 g/mol. The number of thiophene rings is 1. The number of rotatable bonds is 7. The fraction of sp³-hybridized carbons (Fsp3) is 0.462. The maximum absolute atomic E-state index is 9.64. The second-order valence-corrected chi connectivity index (χ2v) is 5.35. The SMILES string of the molecule is COCC(O)CN(C)Cc1ncc(-c2cccs2)o1. The number of nitrogens with zero attached hydrogens (tertiary/aromatic N) is 2. The average Bonchev–Trinajstić information content (AvgIpc) is 2.98. The van der Waals surface area contributed by atoms with Gasteiger partial charge in [-0.05, 0) is 18.5 Å². The van der Waals surface area contributed by atoms with E-state index in [0.717, 1.165) is 10.6 Å². The molecule has 2 heterocycles. The molecule has 19 heavy (non-hydrogen) atoms. The van der Waals surface area contributed by atoms with E-state index in [-0.39, 0.29) is 0 Å². The van der Waals surface area contributed by atoms with Gasteiger partial charge in [-0.2, -0.15) is 0 Å². The Morgan fingerprint density at radius 3 is 3.11 bits per heavy atom. The zero-order valence-electron chi connectivity index (χ0n) is 11.1. The second kappa shape index (κ2) is 6.81. The minimum Gasteiger partial charge on any atom is -0.438 e. The first-order valence-electron chi connectivity index (χ1n) is 6.03. The van der Waals surface area contributed by atoms with Gasteiger partial charge in [0, 0.05) is 13.7 Å². The van der Waals surface area contributed by atoms with E-state index < -0.39 is 6.10 Å². The fourth-order valence-electron chi connectivity index (χ4n) is 1.82. The number of aromatic nitrogens is 1. The fourth-order valence-corrected chi connectivity index (χ4v) is 2.49. The summed E-state index contributed by atoms with van der Waals surface area (Å²) in [5.41, 5.74) is 0. The highest BCUT2D eigenvalue weighted by Gasteiger charge is 2.12. The Labute approximate surface area is 116 Å². The molecule has 2 rings (SSSR count). The Bertz CT molecular complexity index is 484. The first-order chi connectivity index (χ1) is 9.19. The Kier molecular flexibility index (Phi) is 5.09. The largest absolute Gasteiger partial charge is 0.438 e. The summed E-state index contributed by atoms with van der Waals surface area (Å²) in [6.07, 6.45) is 1.24. The van der Waals surface area contributed by atoms with Gasteiger partial charge in [0.2, 0.25) is 5.89 Å². The minimum absolute atomic E-state index is 0.330. The van der Waals surface area contributed by atoms with Gasteiger partial charge in [-0.15, -0.1) is 11.3 Å². The van der Waals surface area contributed by atoms with Crippen LogP contribution in [0.25, 0.3) is 10.6 Å². The third-order valence-corrected chi connectivity index (χ3v) is 3.49. The van der Waals surface area contributed by atoms with Crippen LogP contribution < -0.4 is 0 Å². The molecule has 6 heteroatoms.